The molecule has 0 bridgehead atoms. The van der Waals surface area contributed by atoms with Gasteiger partial charge < -0.3 is 14.4 Å². The number of aliphatic carboxylic acids is 1. The third-order valence-corrected chi connectivity index (χ3v) is 4.57. The first-order valence-corrected chi connectivity index (χ1v) is 8.68. The van der Waals surface area contributed by atoms with Crippen molar-refractivity contribution in [2.24, 2.45) is 0 Å². The minimum atomic E-state index is -0.896. The summed E-state index contributed by atoms with van der Waals surface area (Å²) in [6, 6.07) is 14.8. The van der Waals surface area contributed by atoms with Gasteiger partial charge in [-0.3, -0.25) is 4.79 Å². The molecule has 3 rings (SSSR count). The number of ether oxygens (including phenoxy) is 1. The Bertz CT molecular complexity index is 866. The number of imidazole rings is 1. The third-order valence-electron chi connectivity index (χ3n) is 3.32. The molecule has 0 radical (unpaired) electrons. The minimum absolute atomic E-state index is 0.117. The average Bonchev–Trinajstić information content (AvgIpc) is 2.90. The van der Waals surface area contributed by atoms with Gasteiger partial charge in [-0.25, -0.2) is 4.98 Å². The Hall–Kier alpha value is -2.18. The Balaban J connectivity index is 1.68. The summed E-state index contributed by atoms with van der Waals surface area (Å²) in [4.78, 5) is 15.6. The Morgan fingerprint density at radius 3 is 2.75 bits per heavy atom. The lowest BCUT2D eigenvalue weighted by atomic mass is 10.3. The van der Waals surface area contributed by atoms with Crippen molar-refractivity contribution < 1.29 is 14.6 Å². The van der Waals surface area contributed by atoms with Gasteiger partial charge in [-0.1, -0.05) is 47.6 Å². The second kappa shape index (κ2) is 7.59. The van der Waals surface area contributed by atoms with Crippen LogP contribution in [0.5, 0.6) is 5.75 Å². The first-order valence-electron chi connectivity index (χ1n) is 7.32. The number of benzene rings is 2. The van der Waals surface area contributed by atoms with Crippen LogP contribution in [-0.4, -0.2) is 33.0 Å². The molecule has 1 heterocycles. The summed E-state index contributed by atoms with van der Waals surface area (Å²) in [6.07, 6.45) is 0. The SMILES string of the molecule is O=C(O)Cn1c(SCCOc2ccccc2Cl)nc2ccccc21. The lowest BCUT2D eigenvalue weighted by molar-refractivity contribution is -0.137. The van der Waals surface area contributed by atoms with Crippen molar-refractivity contribution in [2.45, 2.75) is 11.7 Å². The van der Waals surface area contributed by atoms with Crippen molar-refractivity contribution in [1.29, 1.82) is 0 Å². The Morgan fingerprint density at radius 1 is 1.21 bits per heavy atom. The van der Waals surface area contributed by atoms with Crippen LogP contribution in [0.4, 0.5) is 0 Å². The molecule has 124 valence electrons. The molecule has 0 atom stereocenters. The molecule has 0 aliphatic heterocycles. The fraction of sp³-hybridized carbons (Fsp3) is 0.176. The van der Waals surface area contributed by atoms with Gasteiger partial charge >= 0.3 is 5.97 Å². The maximum Gasteiger partial charge on any atom is 0.323 e. The lowest BCUT2D eigenvalue weighted by Gasteiger charge is -2.08. The molecule has 3 aromatic rings. The molecular formula is C17H15ClN2O3S. The van der Waals surface area contributed by atoms with E-state index in [-0.39, 0.29) is 6.54 Å². The standard InChI is InChI=1S/C17H15ClN2O3S/c18-12-5-1-4-8-15(12)23-9-10-24-17-19-13-6-2-3-7-14(13)20(17)11-16(21)22/h1-8H,9-11H2,(H,21,22). The van der Waals surface area contributed by atoms with Crippen LogP contribution >= 0.6 is 23.4 Å². The van der Waals surface area contributed by atoms with Crippen LogP contribution in [0.15, 0.2) is 53.7 Å². The van der Waals surface area contributed by atoms with Gasteiger partial charge in [-0.15, -0.1) is 0 Å². The number of hydrogen-bond donors (Lipinski definition) is 1. The normalized spacial score (nSPS) is 10.9. The van der Waals surface area contributed by atoms with Crippen molar-refractivity contribution in [3.8, 4) is 5.75 Å². The molecule has 0 amide bonds. The van der Waals surface area contributed by atoms with Crippen LogP contribution in [0, 0.1) is 0 Å². The molecule has 1 aromatic heterocycles. The lowest BCUT2D eigenvalue weighted by Crippen LogP contribution is -2.10. The maximum absolute atomic E-state index is 11.1. The quantitative estimate of drug-likeness (QED) is 0.509. The molecule has 0 fully saturated rings. The van der Waals surface area contributed by atoms with E-state index in [9.17, 15) is 4.79 Å². The summed E-state index contributed by atoms with van der Waals surface area (Å²) in [7, 11) is 0. The van der Waals surface area contributed by atoms with Gasteiger partial charge in [0.2, 0.25) is 0 Å². The highest BCUT2D eigenvalue weighted by atomic mass is 35.5. The Morgan fingerprint density at radius 2 is 1.96 bits per heavy atom. The fourth-order valence-electron chi connectivity index (χ4n) is 2.30. The van der Waals surface area contributed by atoms with E-state index in [0.29, 0.717) is 28.3 Å². The maximum atomic E-state index is 11.1. The summed E-state index contributed by atoms with van der Waals surface area (Å²) in [5.41, 5.74) is 1.60. The van der Waals surface area contributed by atoms with Gasteiger partial charge in [0.15, 0.2) is 5.16 Å². The highest BCUT2D eigenvalue weighted by Gasteiger charge is 2.13. The summed E-state index contributed by atoms with van der Waals surface area (Å²) >= 11 is 7.50. The van der Waals surface area contributed by atoms with E-state index in [2.05, 4.69) is 4.98 Å². The van der Waals surface area contributed by atoms with Gasteiger partial charge in [-0.05, 0) is 24.3 Å². The molecule has 1 N–H and O–H groups in total. The van der Waals surface area contributed by atoms with Crippen molar-refractivity contribution in [3.63, 3.8) is 0 Å². The monoisotopic (exact) mass is 362 g/mol. The predicted molar refractivity (Wildman–Crippen MR) is 95.0 cm³/mol. The van der Waals surface area contributed by atoms with Crippen molar-refractivity contribution in [2.75, 3.05) is 12.4 Å². The number of thioether (sulfide) groups is 1. The van der Waals surface area contributed by atoms with E-state index in [4.69, 9.17) is 21.4 Å². The second-order valence-corrected chi connectivity index (χ2v) is 6.46. The van der Waals surface area contributed by atoms with Crippen LogP contribution in [0.1, 0.15) is 0 Å². The average molecular weight is 363 g/mol. The summed E-state index contributed by atoms with van der Waals surface area (Å²) in [5.74, 6) is 0.375. The van der Waals surface area contributed by atoms with Crippen molar-refractivity contribution in [3.05, 3.63) is 53.6 Å². The molecular weight excluding hydrogens is 348 g/mol. The number of halogens is 1. The number of nitrogens with zero attached hydrogens (tertiary/aromatic N) is 2. The number of fused-ring (bicyclic) bond motifs is 1. The van der Waals surface area contributed by atoms with Crippen molar-refractivity contribution in [1.82, 2.24) is 9.55 Å². The van der Waals surface area contributed by atoms with Gasteiger partial charge in [0, 0.05) is 5.75 Å². The minimum Gasteiger partial charge on any atom is -0.491 e. The smallest absolute Gasteiger partial charge is 0.323 e. The van der Waals surface area contributed by atoms with E-state index in [1.54, 1.807) is 10.6 Å². The summed E-state index contributed by atoms with van der Waals surface area (Å²) in [5, 5.41) is 10.4. The zero-order chi connectivity index (χ0) is 16.9. The van der Waals surface area contributed by atoms with Crippen LogP contribution in [0.25, 0.3) is 11.0 Å². The zero-order valence-electron chi connectivity index (χ0n) is 12.7. The summed E-state index contributed by atoms with van der Waals surface area (Å²) in [6.45, 7) is 0.332. The van der Waals surface area contributed by atoms with Gasteiger partial charge in [0.05, 0.1) is 22.7 Å². The van der Waals surface area contributed by atoms with E-state index < -0.39 is 5.97 Å². The molecule has 0 spiro atoms. The van der Waals surface area contributed by atoms with Gasteiger partial charge in [-0.2, -0.15) is 0 Å². The number of hydrogen-bond acceptors (Lipinski definition) is 4. The van der Waals surface area contributed by atoms with E-state index in [0.717, 1.165) is 11.0 Å². The first-order chi connectivity index (χ1) is 11.6. The molecule has 0 saturated heterocycles. The summed E-state index contributed by atoms with van der Waals surface area (Å²) < 4.78 is 7.35. The Kier molecular flexibility index (Phi) is 5.27. The zero-order valence-corrected chi connectivity index (χ0v) is 14.3. The predicted octanol–water partition coefficient (Wildman–Crippen LogP) is 3.95. The van der Waals surface area contributed by atoms with Crippen LogP contribution in [0.3, 0.4) is 0 Å². The highest BCUT2D eigenvalue weighted by Crippen LogP contribution is 2.26. The second-order valence-electron chi connectivity index (χ2n) is 4.99. The molecule has 5 nitrogen and oxygen atoms in total. The largest absolute Gasteiger partial charge is 0.491 e. The number of rotatable bonds is 7. The van der Waals surface area contributed by atoms with Gasteiger partial charge in [0.1, 0.15) is 12.3 Å². The third kappa shape index (κ3) is 3.83. The molecule has 0 unspecified atom stereocenters. The van der Waals surface area contributed by atoms with Crippen LogP contribution in [-0.2, 0) is 11.3 Å². The number of aromatic nitrogens is 2. The van der Waals surface area contributed by atoms with E-state index in [1.165, 1.54) is 11.8 Å². The topological polar surface area (TPSA) is 64.3 Å². The number of para-hydroxylation sites is 3. The molecule has 7 heteroatoms. The van der Waals surface area contributed by atoms with Crippen LogP contribution in [0.2, 0.25) is 5.02 Å². The van der Waals surface area contributed by atoms with Crippen LogP contribution < -0.4 is 4.74 Å². The molecule has 0 aliphatic rings. The Labute approximate surface area is 148 Å². The molecule has 2 aromatic carbocycles. The fourth-order valence-corrected chi connectivity index (χ4v) is 3.32. The van der Waals surface area contributed by atoms with Crippen molar-refractivity contribution >= 4 is 40.4 Å². The molecule has 0 saturated carbocycles. The first kappa shape index (κ1) is 16.7. The van der Waals surface area contributed by atoms with Gasteiger partial charge in [0.25, 0.3) is 0 Å². The van der Waals surface area contributed by atoms with E-state index >= 15 is 0 Å². The molecule has 0 aliphatic carbocycles. The highest BCUT2D eigenvalue weighted by molar-refractivity contribution is 7.99. The number of carboxylic acid groups (broad SMARTS) is 1. The number of carbonyl (C=O) groups is 1. The number of carboxylic acids is 1. The molecule has 24 heavy (non-hydrogen) atoms. The van der Waals surface area contributed by atoms with E-state index in [1.807, 2.05) is 42.5 Å².